The van der Waals surface area contributed by atoms with Gasteiger partial charge in [-0.2, -0.15) is 0 Å². The minimum absolute atomic E-state index is 0.131. The van der Waals surface area contributed by atoms with Gasteiger partial charge < -0.3 is 25.0 Å². The molecule has 1 heterocycles. The number of nitrogens with zero attached hydrogens (tertiary/aromatic N) is 1. The maximum atomic E-state index is 13.7. The average molecular weight is 475 g/mol. The third kappa shape index (κ3) is 5.62. The molecule has 3 amide bonds. The summed E-state index contributed by atoms with van der Waals surface area (Å²) in [6.45, 7) is 0.679. The minimum Gasteiger partial charge on any atom is -0.497 e. The molecule has 1 saturated heterocycles. The average Bonchev–Trinajstić information content (AvgIpc) is 2.87. The number of hydrogen-bond acceptors (Lipinski definition) is 5. The molecule has 0 bridgehead atoms. The minimum atomic E-state index is -1.17. The lowest BCUT2D eigenvalue weighted by molar-refractivity contribution is -0.131. The highest BCUT2D eigenvalue weighted by Crippen LogP contribution is 2.26. The van der Waals surface area contributed by atoms with E-state index in [1.165, 1.54) is 27.3 Å². The number of hydrogen-bond donors (Lipinski definition) is 2. The van der Waals surface area contributed by atoms with Crippen molar-refractivity contribution in [1.29, 1.82) is 0 Å². The predicted octanol–water partition coefficient (Wildman–Crippen LogP) is 2.44. The molecule has 0 aromatic heterocycles. The Labute approximate surface area is 196 Å². The van der Waals surface area contributed by atoms with Crippen LogP contribution >= 0.6 is 0 Å². The zero-order valence-electron chi connectivity index (χ0n) is 19.2. The van der Waals surface area contributed by atoms with Gasteiger partial charge in [0.25, 0.3) is 5.91 Å². The molecule has 34 heavy (non-hydrogen) atoms. The number of amides is 3. The summed E-state index contributed by atoms with van der Waals surface area (Å²) in [6, 6.07) is 6.80. The molecule has 3 rings (SSSR count). The van der Waals surface area contributed by atoms with E-state index in [4.69, 9.17) is 9.47 Å². The summed E-state index contributed by atoms with van der Waals surface area (Å²) in [5.74, 6) is -2.77. The van der Waals surface area contributed by atoms with E-state index < -0.39 is 35.4 Å². The molecule has 182 valence electrons. The summed E-state index contributed by atoms with van der Waals surface area (Å²) in [7, 11) is 4.39. The lowest BCUT2D eigenvalue weighted by Crippen LogP contribution is -2.46. The van der Waals surface area contributed by atoms with Gasteiger partial charge in [-0.1, -0.05) is 6.07 Å². The molecule has 2 aromatic carbocycles. The van der Waals surface area contributed by atoms with Gasteiger partial charge in [-0.3, -0.25) is 14.4 Å². The number of benzene rings is 2. The van der Waals surface area contributed by atoms with Gasteiger partial charge in [0, 0.05) is 37.7 Å². The molecular weight excluding hydrogens is 448 g/mol. The topological polar surface area (TPSA) is 97.0 Å². The second-order valence-electron chi connectivity index (χ2n) is 7.90. The maximum Gasteiger partial charge on any atom is 0.254 e. The number of carbonyl (C=O) groups excluding carboxylic acids is 3. The lowest BCUT2D eigenvalue weighted by atomic mass is 9.94. The van der Waals surface area contributed by atoms with Crippen LogP contribution in [0.25, 0.3) is 0 Å². The lowest BCUT2D eigenvalue weighted by Gasteiger charge is -2.32. The van der Waals surface area contributed by atoms with E-state index in [9.17, 15) is 23.2 Å². The fraction of sp³-hybridized carbons (Fsp3) is 0.375. The third-order valence-electron chi connectivity index (χ3n) is 5.82. The van der Waals surface area contributed by atoms with Gasteiger partial charge in [0.05, 0.1) is 14.2 Å². The van der Waals surface area contributed by atoms with Crippen LogP contribution < -0.4 is 20.1 Å². The summed E-state index contributed by atoms with van der Waals surface area (Å²) >= 11 is 0. The van der Waals surface area contributed by atoms with Gasteiger partial charge in [-0.25, -0.2) is 8.78 Å². The van der Waals surface area contributed by atoms with Crippen molar-refractivity contribution in [2.75, 3.05) is 34.4 Å². The van der Waals surface area contributed by atoms with Crippen molar-refractivity contribution in [3.63, 3.8) is 0 Å². The van der Waals surface area contributed by atoms with E-state index in [0.717, 1.165) is 12.1 Å². The van der Waals surface area contributed by atoms with Crippen molar-refractivity contribution in [3.05, 3.63) is 59.2 Å². The molecule has 1 unspecified atom stereocenters. The van der Waals surface area contributed by atoms with Crippen molar-refractivity contribution in [2.24, 2.45) is 5.92 Å². The molecule has 1 atom stereocenters. The van der Waals surface area contributed by atoms with Crippen LogP contribution in [0.4, 0.5) is 8.78 Å². The number of likely N-dealkylation sites (N-methyl/N-ethyl adjacent to an activating group) is 1. The van der Waals surface area contributed by atoms with Gasteiger partial charge >= 0.3 is 0 Å². The van der Waals surface area contributed by atoms with E-state index in [2.05, 4.69) is 10.6 Å². The second-order valence-corrected chi connectivity index (χ2v) is 7.90. The summed E-state index contributed by atoms with van der Waals surface area (Å²) in [5, 5.41) is 5.05. The molecule has 0 spiro atoms. The summed E-state index contributed by atoms with van der Waals surface area (Å²) in [5.41, 5.74) is 0.545. The number of nitrogens with one attached hydrogen (secondary N) is 2. The van der Waals surface area contributed by atoms with Crippen LogP contribution in [0.3, 0.4) is 0 Å². The number of carbonyl (C=O) groups is 3. The monoisotopic (exact) mass is 475 g/mol. The van der Waals surface area contributed by atoms with Crippen LogP contribution in [0, 0.1) is 17.6 Å². The Bertz CT molecular complexity index is 1050. The van der Waals surface area contributed by atoms with E-state index in [1.807, 2.05) is 0 Å². The highest BCUT2D eigenvalue weighted by Gasteiger charge is 2.31. The van der Waals surface area contributed by atoms with Crippen molar-refractivity contribution in [3.8, 4) is 11.5 Å². The maximum absolute atomic E-state index is 13.7. The van der Waals surface area contributed by atoms with E-state index in [0.29, 0.717) is 43.0 Å². The number of piperidine rings is 1. The molecule has 2 N–H and O–H groups in total. The third-order valence-corrected chi connectivity index (χ3v) is 5.82. The normalized spacial score (nSPS) is 14.8. The number of likely N-dealkylation sites (tertiary alicyclic amines) is 1. The molecular formula is C24H27F2N3O5. The van der Waals surface area contributed by atoms with Crippen molar-refractivity contribution >= 4 is 17.7 Å². The molecule has 1 aliphatic heterocycles. The zero-order valence-corrected chi connectivity index (χ0v) is 19.2. The number of rotatable bonds is 7. The Morgan fingerprint density at radius 2 is 1.59 bits per heavy atom. The first-order valence-electron chi connectivity index (χ1n) is 10.8. The van der Waals surface area contributed by atoms with Crippen LogP contribution in [0.5, 0.6) is 11.5 Å². The van der Waals surface area contributed by atoms with Gasteiger partial charge in [-0.15, -0.1) is 0 Å². The zero-order chi connectivity index (χ0) is 24.8. The van der Waals surface area contributed by atoms with E-state index >= 15 is 0 Å². The first-order valence-corrected chi connectivity index (χ1v) is 10.8. The summed E-state index contributed by atoms with van der Waals surface area (Å²) in [4.78, 5) is 39.8. The smallest absolute Gasteiger partial charge is 0.254 e. The van der Waals surface area contributed by atoms with Gasteiger partial charge in [-0.05, 0) is 42.7 Å². The highest BCUT2D eigenvalue weighted by atomic mass is 19.2. The standard InChI is InChI=1S/C24H27F2N3O5/c1-27-23(31)21(15-4-5-19(25)20(26)12-15)28-22(30)14-6-8-29(9-7-14)24(32)16-10-17(33-2)13-18(11-16)34-3/h4-5,10-14,21H,6-9H2,1-3H3,(H,27,31)(H,28,30). The summed E-state index contributed by atoms with van der Waals surface area (Å²) in [6.07, 6.45) is 0.772. The Morgan fingerprint density at radius 3 is 2.12 bits per heavy atom. The Hall–Kier alpha value is -3.69. The van der Waals surface area contributed by atoms with Crippen LogP contribution in [0.2, 0.25) is 0 Å². The first kappa shape index (κ1) is 24.9. The van der Waals surface area contributed by atoms with Gasteiger partial charge in [0.2, 0.25) is 11.8 Å². The van der Waals surface area contributed by atoms with E-state index in [1.54, 1.807) is 23.1 Å². The molecule has 1 aliphatic rings. The number of halogens is 2. The second kappa shape index (κ2) is 11.0. The van der Waals surface area contributed by atoms with Crippen molar-refractivity contribution in [1.82, 2.24) is 15.5 Å². The van der Waals surface area contributed by atoms with Crippen molar-refractivity contribution in [2.45, 2.75) is 18.9 Å². The number of methoxy groups -OCH3 is 2. The fourth-order valence-corrected chi connectivity index (χ4v) is 3.85. The van der Waals surface area contributed by atoms with Crippen LogP contribution in [0.1, 0.15) is 34.8 Å². The van der Waals surface area contributed by atoms with Crippen LogP contribution in [-0.4, -0.2) is 57.0 Å². The molecule has 0 saturated carbocycles. The SMILES string of the molecule is CNC(=O)C(NC(=O)C1CCN(C(=O)c2cc(OC)cc(OC)c2)CC1)c1ccc(F)c(F)c1. The molecule has 1 fully saturated rings. The fourth-order valence-electron chi connectivity index (χ4n) is 3.85. The molecule has 0 radical (unpaired) electrons. The summed E-state index contributed by atoms with van der Waals surface area (Å²) < 4.78 is 37.4. The molecule has 8 nitrogen and oxygen atoms in total. The van der Waals surface area contributed by atoms with Crippen LogP contribution in [-0.2, 0) is 9.59 Å². The largest absolute Gasteiger partial charge is 0.497 e. The first-order chi connectivity index (χ1) is 16.3. The highest BCUT2D eigenvalue weighted by molar-refractivity contribution is 5.95. The Balaban J connectivity index is 1.65. The van der Waals surface area contributed by atoms with Crippen LogP contribution in [0.15, 0.2) is 36.4 Å². The molecule has 2 aromatic rings. The molecule has 0 aliphatic carbocycles. The Morgan fingerprint density at radius 1 is 0.971 bits per heavy atom. The Kier molecular flexibility index (Phi) is 8.04. The van der Waals surface area contributed by atoms with Crippen molar-refractivity contribution < 1.29 is 32.6 Å². The molecule has 10 heteroatoms. The quantitative estimate of drug-likeness (QED) is 0.641. The van der Waals surface area contributed by atoms with Gasteiger partial charge in [0.15, 0.2) is 11.6 Å². The van der Waals surface area contributed by atoms with E-state index in [-0.39, 0.29) is 11.5 Å². The predicted molar refractivity (Wildman–Crippen MR) is 119 cm³/mol. The van der Waals surface area contributed by atoms with Gasteiger partial charge in [0.1, 0.15) is 17.5 Å². The number of ether oxygens (including phenoxy) is 2.